The Morgan fingerprint density at radius 1 is 1.31 bits per heavy atom. The van der Waals surface area contributed by atoms with E-state index in [0.29, 0.717) is 0 Å². The van der Waals surface area contributed by atoms with Crippen LogP contribution in [0.4, 0.5) is 0 Å². The van der Waals surface area contributed by atoms with Gasteiger partial charge in [0.25, 0.3) is 0 Å². The van der Waals surface area contributed by atoms with E-state index in [4.69, 9.17) is 11.6 Å². The molecule has 1 aromatic carbocycles. The highest BCUT2D eigenvalue weighted by molar-refractivity contribution is 6.30. The van der Waals surface area contributed by atoms with Crippen LogP contribution in [0.5, 0.6) is 0 Å². The van der Waals surface area contributed by atoms with E-state index in [-0.39, 0.29) is 5.54 Å². The molecule has 0 bridgehead atoms. The first-order chi connectivity index (χ1) is 6.07. The summed E-state index contributed by atoms with van der Waals surface area (Å²) >= 11 is 5.92. The molecule has 0 fully saturated rings. The molecule has 1 nitrogen and oxygen atoms in total. The number of hydrogen-bond acceptors (Lipinski definition) is 1. The minimum atomic E-state index is 0.223. The van der Waals surface area contributed by atoms with Crippen LogP contribution >= 0.6 is 11.6 Å². The second-order valence-corrected chi connectivity index (χ2v) is 4.76. The largest absolute Gasteiger partial charge is 0.307 e. The van der Waals surface area contributed by atoms with Crippen molar-refractivity contribution in [3.63, 3.8) is 0 Å². The maximum absolute atomic E-state index is 5.92. The van der Waals surface area contributed by atoms with E-state index in [1.807, 2.05) is 6.07 Å². The van der Waals surface area contributed by atoms with Gasteiger partial charge >= 0.3 is 0 Å². The van der Waals surface area contributed by atoms with E-state index in [1.54, 1.807) is 0 Å². The van der Waals surface area contributed by atoms with Crippen molar-refractivity contribution in [2.45, 2.75) is 32.4 Å². The fourth-order valence-electron chi connectivity index (χ4n) is 1.80. The van der Waals surface area contributed by atoms with Gasteiger partial charge in [0.1, 0.15) is 0 Å². The number of hydrogen-bond donors (Lipinski definition) is 1. The summed E-state index contributed by atoms with van der Waals surface area (Å²) in [4.78, 5) is 0. The molecule has 70 valence electrons. The summed E-state index contributed by atoms with van der Waals surface area (Å²) in [5.41, 5.74) is 2.99. The SMILES string of the molecule is CC1(C)Cc2ccc(Cl)cc2CN1. The zero-order chi connectivity index (χ0) is 9.47. The highest BCUT2D eigenvalue weighted by Gasteiger charge is 2.23. The number of nitrogens with one attached hydrogen (secondary N) is 1. The van der Waals surface area contributed by atoms with Gasteiger partial charge < -0.3 is 5.32 Å². The molecule has 0 amide bonds. The standard InChI is InChI=1S/C11H14ClN/c1-11(2)6-8-3-4-10(12)5-9(8)7-13-11/h3-5,13H,6-7H2,1-2H3. The van der Waals surface area contributed by atoms with Crippen LogP contribution in [-0.2, 0) is 13.0 Å². The number of benzene rings is 1. The predicted octanol–water partition coefficient (Wildman–Crippen LogP) is 2.76. The van der Waals surface area contributed by atoms with Gasteiger partial charge in [-0.2, -0.15) is 0 Å². The Kier molecular flexibility index (Phi) is 2.09. The molecule has 1 aromatic rings. The van der Waals surface area contributed by atoms with Crippen molar-refractivity contribution in [1.82, 2.24) is 5.32 Å². The zero-order valence-corrected chi connectivity index (χ0v) is 8.78. The van der Waals surface area contributed by atoms with Crippen LogP contribution in [0.3, 0.4) is 0 Å². The van der Waals surface area contributed by atoms with Crippen molar-refractivity contribution in [2.24, 2.45) is 0 Å². The summed E-state index contributed by atoms with van der Waals surface area (Å²) in [7, 11) is 0. The van der Waals surface area contributed by atoms with Crippen LogP contribution in [0.2, 0.25) is 5.02 Å². The summed E-state index contributed by atoms with van der Waals surface area (Å²) in [5, 5.41) is 4.32. The first kappa shape index (κ1) is 9.04. The third-order valence-electron chi connectivity index (χ3n) is 2.56. The third kappa shape index (κ3) is 1.87. The van der Waals surface area contributed by atoms with E-state index in [0.717, 1.165) is 18.0 Å². The lowest BCUT2D eigenvalue weighted by molar-refractivity contribution is 0.362. The second-order valence-electron chi connectivity index (χ2n) is 4.33. The molecule has 1 aliphatic rings. The van der Waals surface area contributed by atoms with Crippen molar-refractivity contribution in [2.75, 3.05) is 0 Å². The maximum Gasteiger partial charge on any atom is 0.0409 e. The topological polar surface area (TPSA) is 12.0 Å². The Bertz CT molecular complexity index is 331. The molecule has 1 aliphatic heterocycles. The molecule has 0 aliphatic carbocycles. The van der Waals surface area contributed by atoms with Crippen molar-refractivity contribution in [1.29, 1.82) is 0 Å². The highest BCUT2D eigenvalue weighted by atomic mass is 35.5. The van der Waals surface area contributed by atoms with Crippen LogP contribution in [-0.4, -0.2) is 5.54 Å². The fourth-order valence-corrected chi connectivity index (χ4v) is 2.00. The molecule has 2 rings (SSSR count). The normalized spacial score (nSPS) is 19.6. The Morgan fingerprint density at radius 2 is 2.08 bits per heavy atom. The molecule has 0 atom stereocenters. The lowest BCUT2D eigenvalue weighted by atomic mass is 9.88. The summed E-state index contributed by atoms with van der Waals surface area (Å²) in [6, 6.07) is 6.17. The van der Waals surface area contributed by atoms with Gasteiger partial charge in [-0.3, -0.25) is 0 Å². The summed E-state index contributed by atoms with van der Waals surface area (Å²) < 4.78 is 0. The molecule has 0 aromatic heterocycles. The van der Waals surface area contributed by atoms with E-state index in [2.05, 4.69) is 31.3 Å². The zero-order valence-electron chi connectivity index (χ0n) is 8.02. The van der Waals surface area contributed by atoms with Crippen LogP contribution < -0.4 is 5.32 Å². The first-order valence-corrected chi connectivity index (χ1v) is 4.97. The minimum Gasteiger partial charge on any atom is -0.307 e. The highest BCUT2D eigenvalue weighted by Crippen LogP contribution is 2.25. The van der Waals surface area contributed by atoms with E-state index >= 15 is 0 Å². The molecular formula is C11H14ClN. The summed E-state index contributed by atoms with van der Waals surface area (Å²) in [6.07, 6.45) is 1.08. The Morgan fingerprint density at radius 3 is 2.85 bits per heavy atom. The maximum atomic E-state index is 5.92. The van der Waals surface area contributed by atoms with Gasteiger partial charge in [-0.25, -0.2) is 0 Å². The second kappa shape index (κ2) is 3.00. The lowest BCUT2D eigenvalue weighted by Gasteiger charge is -2.32. The van der Waals surface area contributed by atoms with Crippen molar-refractivity contribution in [3.05, 3.63) is 34.3 Å². The molecule has 0 saturated heterocycles. The van der Waals surface area contributed by atoms with Gasteiger partial charge in [0, 0.05) is 17.1 Å². The Labute approximate surface area is 84.1 Å². The molecule has 1 heterocycles. The monoisotopic (exact) mass is 195 g/mol. The molecule has 1 N–H and O–H groups in total. The van der Waals surface area contributed by atoms with Crippen molar-refractivity contribution in [3.8, 4) is 0 Å². The molecule has 0 saturated carbocycles. The van der Waals surface area contributed by atoms with Gasteiger partial charge in [-0.05, 0) is 43.5 Å². The van der Waals surface area contributed by atoms with E-state index in [9.17, 15) is 0 Å². The van der Waals surface area contributed by atoms with E-state index < -0.39 is 0 Å². The Balaban J connectivity index is 2.37. The molecular weight excluding hydrogens is 182 g/mol. The van der Waals surface area contributed by atoms with Crippen LogP contribution in [0.25, 0.3) is 0 Å². The van der Waals surface area contributed by atoms with Crippen LogP contribution in [0.1, 0.15) is 25.0 Å². The number of rotatable bonds is 0. The molecule has 0 spiro atoms. The summed E-state index contributed by atoms with van der Waals surface area (Å²) in [6.45, 7) is 5.39. The lowest BCUT2D eigenvalue weighted by Crippen LogP contribution is -2.44. The van der Waals surface area contributed by atoms with Crippen molar-refractivity contribution < 1.29 is 0 Å². The van der Waals surface area contributed by atoms with Crippen LogP contribution in [0, 0.1) is 0 Å². The first-order valence-electron chi connectivity index (χ1n) is 4.59. The van der Waals surface area contributed by atoms with Gasteiger partial charge in [0.05, 0.1) is 0 Å². The Hall–Kier alpha value is -0.530. The number of fused-ring (bicyclic) bond motifs is 1. The van der Waals surface area contributed by atoms with Gasteiger partial charge in [0.15, 0.2) is 0 Å². The van der Waals surface area contributed by atoms with Gasteiger partial charge in [-0.1, -0.05) is 17.7 Å². The van der Waals surface area contributed by atoms with Crippen LogP contribution in [0.15, 0.2) is 18.2 Å². The molecule has 0 radical (unpaired) electrons. The molecule has 13 heavy (non-hydrogen) atoms. The van der Waals surface area contributed by atoms with Crippen molar-refractivity contribution >= 4 is 11.6 Å². The van der Waals surface area contributed by atoms with Gasteiger partial charge in [0.2, 0.25) is 0 Å². The summed E-state index contributed by atoms with van der Waals surface area (Å²) in [5.74, 6) is 0. The number of halogens is 1. The minimum absolute atomic E-state index is 0.223. The predicted molar refractivity (Wildman–Crippen MR) is 56.1 cm³/mol. The fraction of sp³-hybridized carbons (Fsp3) is 0.455. The van der Waals surface area contributed by atoms with Gasteiger partial charge in [-0.15, -0.1) is 0 Å². The molecule has 2 heteroatoms. The van der Waals surface area contributed by atoms with E-state index in [1.165, 1.54) is 11.1 Å². The smallest absolute Gasteiger partial charge is 0.0409 e. The third-order valence-corrected chi connectivity index (χ3v) is 2.79. The molecule has 0 unspecified atom stereocenters. The quantitative estimate of drug-likeness (QED) is 0.672. The average Bonchev–Trinajstić information content (AvgIpc) is 2.05. The average molecular weight is 196 g/mol.